The van der Waals surface area contributed by atoms with Gasteiger partial charge in [-0.15, -0.1) is 11.3 Å². The molecule has 0 radical (unpaired) electrons. The summed E-state index contributed by atoms with van der Waals surface area (Å²) in [4.78, 5) is 43.3. The van der Waals surface area contributed by atoms with E-state index in [0.29, 0.717) is 28.0 Å². The van der Waals surface area contributed by atoms with Crippen LogP contribution in [0.2, 0.25) is 0 Å². The predicted octanol–water partition coefficient (Wildman–Crippen LogP) is 5.26. The third-order valence-corrected chi connectivity index (χ3v) is 6.33. The first-order chi connectivity index (χ1) is 15.7. The summed E-state index contributed by atoms with van der Waals surface area (Å²) in [6.07, 6.45) is 0. The van der Waals surface area contributed by atoms with Gasteiger partial charge in [-0.05, 0) is 54.8 Å². The van der Waals surface area contributed by atoms with E-state index in [4.69, 9.17) is 11.6 Å². The molecule has 0 atom stereocenters. The van der Waals surface area contributed by atoms with Crippen molar-refractivity contribution >= 4 is 57.2 Å². The fourth-order valence-electron chi connectivity index (χ4n) is 3.28. The van der Waals surface area contributed by atoms with Gasteiger partial charge in [-0.3, -0.25) is 19.7 Å². The SMILES string of the molecule is Cc1csc(NC(=O)c2ccc(NC3=C(Cl)C(=O)N(c4ccc(C(C)C)cc4)C3=O)cc2)n1. The van der Waals surface area contributed by atoms with Gasteiger partial charge in [0.15, 0.2) is 5.13 Å². The molecule has 3 aromatic rings. The highest BCUT2D eigenvalue weighted by Crippen LogP contribution is 2.31. The van der Waals surface area contributed by atoms with Crippen molar-refractivity contribution in [3.63, 3.8) is 0 Å². The van der Waals surface area contributed by atoms with Crippen molar-refractivity contribution < 1.29 is 14.4 Å². The molecule has 0 aliphatic carbocycles. The van der Waals surface area contributed by atoms with Gasteiger partial charge in [-0.1, -0.05) is 37.6 Å². The van der Waals surface area contributed by atoms with Gasteiger partial charge in [0, 0.05) is 16.6 Å². The van der Waals surface area contributed by atoms with Crippen LogP contribution < -0.4 is 15.5 Å². The molecule has 2 aromatic carbocycles. The van der Waals surface area contributed by atoms with Crippen LogP contribution in [0.4, 0.5) is 16.5 Å². The number of carbonyl (C=O) groups excluding carboxylic acids is 3. The maximum Gasteiger partial charge on any atom is 0.283 e. The van der Waals surface area contributed by atoms with Gasteiger partial charge in [-0.25, -0.2) is 9.88 Å². The van der Waals surface area contributed by atoms with Crippen LogP contribution in [-0.4, -0.2) is 22.7 Å². The standard InChI is InChI=1S/C24H21ClN4O3S/c1-13(2)15-6-10-18(11-7-15)29-22(31)19(25)20(23(29)32)27-17-8-4-16(5-9-17)21(30)28-24-26-14(3)12-33-24/h4-13,27H,1-3H3,(H,26,28,30). The molecule has 9 heteroatoms. The minimum absolute atomic E-state index is 0.00920. The van der Waals surface area contributed by atoms with Crippen LogP contribution in [0, 0.1) is 6.92 Å². The number of aromatic nitrogens is 1. The maximum atomic E-state index is 13.0. The van der Waals surface area contributed by atoms with E-state index >= 15 is 0 Å². The third kappa shape index (κ3) is 4.67. The van der Waals surface area contributed by atoms with Crippen molar-refractivity contribution in [1.82, 2.24) is 4.98 Å². The summed E-state index contributed by atoms with van der Waals surface area (Å²) in [5.74, 6) is -1.09. The molecule has 2 N–H and O–H groups in total. The zero-order chi connectivity index (χ0) is 23.7. The molecule has 3 amide bonds. The Morgan fingerprint density at radius 2 is 1.70 bits per heavy atom. The lowest BCUT2D eigenvalue weighted by molar-refractivity contribution is -0.120. The van der Waals surface area contributed by atoms with Crippen molar-refractivity contribution in [3.05, 3.63) is 81.5 Å². The second kappa shape index (κ2) is 9.17. The lowest BCUT2D eigenvalue weighted by Gasteiger charge is -2.16. The molecule has 0 fully saturated rings. The quantitative estimate of drug-likeness (QED) is 0.469. The second-order valence-corrected chi connectivity index (χ2v) is 9.07. The number of nitrogens with zero attached hydrogens (tertiary/aromatic N) is 2. The van der Waals surface area contributed by atoms with Gasteiger partial charge in [-0.2, -0.15) is 0 Å². The van der Waals surface area contributed by atoms with E-state index in [1.54, 1.807) is 36.4 Å². The van der Waals surface area contributed by atoms with E-state index in [9.17, 15) is 14.4 Å². The topological polar surface area (TPSA) is 91.4 Å². The molecule has 4 rings (SSSR count). The molecular weight excluding hydrogens is 460 g/mol. The van der Waals surface area contributed by atoms with E-state index in [1.165, 1.54) is 11.3 Å². The summed E-state index contributed by atoms with van der Waals surface area (Å²) in [5, 5.41) is 7.84. The number of amides is 3. The summed E-state index contributed by atoms with van der Waals surface area (Å²) >= 11 is 7.56. The average molecular weight is 481 g/mol. The monoisotopic (exact) mass is 480 g/mol. The van der Waals surface area contributed by atoms with Crippen molar-refractivity contribution in [2.45, 2.75) is 26.7 Å². The predicted molar refractivity (Wildman–Crippen MR) is 131 cm³/mol. The average Bonchev–Trinajstić information content (AvgIpc) is 3.30. The van der Waals surface area contributed by atoms with Crippen LogP contribution >= 0.6 is 22.9 Å². The van der Waals surface area contributed by atoms with Gasteiger partial charge >= 0.3 is 0 Å². The number of nitrogens with one attached hydrogen (secondary N) is 2. The van der Waals surface area contributed by atoms with Crippen LogP contribution in [-0.2, 0) is 9.59 Å². The first kappa shape index (κ1) is 22.7. The van der Waals surface area contributed by atoms with Gasteiger partial charge < -0.3 is 5.32 Å². The highest BCUT2D eigenvalue weighted by Gasteiger charge is 2.39. The van der Waals surface area contributed by atoms with E-state index in [0.717, 1.165) is 16.2 Å². The highest BCUT2D eigenvalue weighted by molar-refractivity contribution is 7.13. The Labute approximate surface area is 200 Å². The lowest BCUT2D eigenvalue weighted by Crippen LogP contribution is -2.32. The number of thiazole rings is 1. The molecule has 7 nitrogen and oxygen atoms in total. The van der Waals surface area contributed by atoms with Crippen molar-refractivity contribution in [2.24, 2.45) is 0 Å². The molecule has 0 spiro atoms. The van der Waals surface area contributed by atoms with E-state index in [2.05, 4.69) is 29.5 Å². The third-order valence-electron chi connectivity index (χ3n) is 5.10. The molecule has 0 saturated carbocycles. The van der Waals surface area contributed by atoms with Crippen molar-refractivity contribution in [1.29, 1.82) is 0 Å². The molecule has 1 aliphatic heterocycles. The summed E-state index contributed by atoms with van der Waals surface area (Å²) in [6, 6.07) is 13.7. The Morgan fingerprint density at radius 1 is 1.03 bits per heavy atom. The molecule has 2 heterocycles. The second-order valence-electron chi connectivity index (χ2n) is 7.83. The molecule has 0 saturated heterocycles. The minimum Gasteiger partial charge on any atom is -0.350 e. The van der Waals surface area contributed by atoms with Crippen LogP contribution in [0.3, 0.4) is 0 Å². The summed E-state index contributed by atoms with van der Waals surface area (Å²) in [6.45, 7) is 5.98. The molecule has 1 aliphatic rings. The molecule has 0 unspecified atom stereocenters. The summed E-state index contributed by atoms with van der Waals surface area (Å²) < 4.78 is 0. The normalized spacial score (nSPS) is 13.8. The number of halogens is 1. The fraction of sp³-hybridized carbons (Fsp3) is 0.167. The Hall–Kier alpha value is -3.49. The van der Waals surface area contributed by atoms with Crippen molar-refractivity contribution in [2.75, 3.05) is 15.5 Å². The Balaban J connectivity index is 1.47. The highest BCUT2D eigenvalue weighted by atomic mass is 35.5. The van der Waals surface area contributed by atoms with Crippen LogP contribution in [0.25, 0.3) is 0 Å². The molecule has 33 heavy (non-hydrogen) atoms. The van der Waals surface area contributed by atoms with Crippen LogP contribution in [0.1, 0.15) is 41.4 Å². The zero-order valence-electron chi connectivity index (χ0n) is 18.2. The van der Waals surface area contributed by atoms with E-state index in [1.807, 2.05) is 24.4 Å². The number of carbonyl (C=O) groups is 3. The van der Waals surface area contributed by atoms with E-state index < -0.39 is 11.8 Å². The number of anilines is 3. The smallest absolute Gasteiger partial charge is 0.283 e. The van der Waals surface area contributed by atoms with E-state index in [-0.39, 0.29) is 16.6 Å². The Bertz CT molecular complexity index is 1260. The zero-order valence-corrected chi connectivity index (χ0v) is 19.8. The van der Waals surface area contributed by atoms with Gasteiger partial charge in [0.1, 0.15) is 10.7 Å². The molecule has 1 aromatic heterocycles. The largest absolute Gasteiger partial charge is 0.350 e. The summed E-state index contributed by atoms with van der Waals surface area (Å²) in [5.41, 5.74) is 3.32. The van der Waals surface area contributed by atoms with Gasteiger partial charge in [0.05, 0.1) is 11.4 Å². The summed E-state index contributed by atoms with van der Waals surface area (Å²) in [7, 11) is 0. The number of hydrogen-bond donors (Lipinski definition) is 2. The van der Waals surface area contributed by atoms with Gasteiger partial charge in [0.25, 0.3) is 17.7 Å². The number of hydrogen-bond acceptors (Lipinski definition) is 6. The Kier molecular flexibility index (Phi) is 6.31. The number of aryl methyl sites for hydroxylation is 1. The van der Waals surface area contributed by atoms with Crippen molar-refractivity contribution in [3.8, 4) is 0 Å². The molecular formula is C24H21ClN4O3S. The fourth-order valence-corrected chi connectivity index (χ4v) is 4.18. The number of imide groups is 1. The lowest BCUT2D eigenvalue weighted by atomic mass is 10.0. The maximum absolute atomic E-state index is 13.0. The minimum atomic E-state index is -0.587. The Morgan fingerprint density at radius 3 is 2.27 bits per heavy atom. The molecule has 168 valence electrons. The van der Waals surface area contributed by atoms with Crippen LogP contribution in [0.5, 0.6) is 0 Å². The first-order valence-corrected chi connectivity index (χ1v) is 11.5. The first-order valence-electron chi connectivity index (χ1n) is 10.2. The van der Waals surface area contributed by atoms with Crippen LogP contribution in [0.15, 0.2) is 64.6 Å². The molecule has 0 bridgehead atoms. The number of benzene rings is 2. The van der Waals surface area contributed by atoms with Gasteiger partial charge in [0.2, 0.25) is 0 Å². The number of rotatable bonds is 6.